The molecular formula is C27H33N5. The standard InChI is InChI=1S/C27H33N5/c1-5-7-9-11-22-13-15-24(17-20(22)3)30-26-28-19-29-27(32-26)31-25-16-14-23(21(4)18-25)12-10-8-6-2/h9-19H,5-8H2,1-4H3,(H2,28,29,30,31,32)/b11-9-,12-10-. The van der Waals surface area contributed by atoms with Crippen LogP contribution in [-0.4, -0.2) is 15.0 Å². The van der Waals surface area contributed by atoms with Crippen LogP contribution in [0.1, 0.15) is 61.8 Å². The molecule has 0 bridgehead atoms. The van der Waals surface area contributed by atoms with Gasteiger partial charge in [-0.25, -0.2) is 9.97 Å². The quantitative estimate of drug-likeness (QED) is 0.349. The van der Waals surface area contributed by atoms with Crippen molar-refractivity contribution in [2.24, 2.45) is 0 Å². The van der Waals surface area contributed by atoms with Crippen molar-refractivity contribution in [2.75, 3.05) is 10.6 Å². The second-order valence-electron chi connectivity index (χ2n) is 7.91. The van der Waals surface area contributed by atoms with Crippen LogP contribution in [-0.2, 0) is 0 Å². The molecule has 0 aliphatic heterocycles. The van der Waals surface area contributed by atoms with Crippen molar-refractivity contribution in [1.82, 2.24) is 15.0 Å². The Bertz CT molecular complexity index is 1000. The third-order valence-corrected chi connectivity index (χ3v) is 5.13. The summed E-state index contributed by atoms with van der Waals surface area (Å²) in [5, 5.41) is 6.56. The van der Waals surface area contributed by atoms with Crippen molar-refractivity contribution in [2.45, 2.75) is 53.4 Å². The first-order chi connectivity index (χ1) is 15.6. The number of benzene rings is 2. The van der Waals surface area contributed by atoms with Gasteiger partial charge in [0, 0.05) is 11.4 Å². The average molecular weight is 428 g/mol. The highest BCUT2D eigenvalue weighted by Gasteiger charge is 2.05. The monoisotopic (exact) mass is 427 g/mol. The normalized spacial score (nSPS) is 11.4. The van der Waals surface area contributed by atoms with Crippen LogP contribution in [0, 0.1) is 13.8 Å². The van der Waals surface area contributed by atoms with E-state index in [1.54, 1.807) is 0 Å². The van der Waals surface area contributed by atoms with Gasteiger partial charge in [0.15, 0.2) is 0 Å². The number of anilines is 4. The van der Waals surface area contributed by atoms with E-state index in [9.17, 15) is 0 Å². The van der Waals surface area contributed by atoms with Crippen LogP contribution in [0.15, 0.2) is 54.9 Å². The van der Waals surface area contributed by atoms with E-state index in [-0.39, 0.29) is 0 Å². The first-order valence-electron chi connectivity index (χ1n) is 11.4. The fourth-order valence-electron chi connectivity index (χ4n) is 3.31. The van der Waals surface area contributed by atoms with E-state index in [0.29, 0.717) is 11.9 Å². The molecule has 2 aromatic carbocycles. The Balaban J connectivity index is 1.68. The van der Waals surface area contributed by atoms with Crippen LogP contribution in [0.3, 0.4) is 0 Å². The fraction of sp³-hybridized carbons (Fsp3) is 0.296. The largest absolute Gasteiger partial charge is 0.324 e. The van der Waals surface area contributed by atoms with Gasteiger partial charge in [0.05, 0.1) is 0 Å². The number of rotatable bonds is 10. The van der Waals surface area contributed by atoms with Crippen molar-refractivity contribution < 1.29 is 0 Å². The van der Waals surface area contributed by atoms with Crippen molar-refractivity contribution in [1.29, 1.82) is 0 Å². The van der Waals surface area contributed by atoms with Crippen LogP contribution < -0.4 is 10.6 Å². The molecule has 0 spiro atoms. The van der Waals surface area contributed by atoms with Crippen LogP contribution in [0.5, 0.6) is 0 Å². The van der Waals surface area contributed by atoms with E-state index >= 15 is 0 Å². The predicted molar refractivity (Wildman–Crippen MR) is 137 cm³/mol. The number of nitrogens with zero attached hydrogens (tertiary/aromatic N) is 3. The number of aryl methyl sites for hydroxylation is 2. The lowest BCUT2D eigenvalue weighted by Gasteiger charge is -2.10. The Labute approximate surface area is 191 Å². The number of hydrogen-bond donors (Lipinski definition) is 2. The van der Waals surface area contributed by atoms with Gasteiger partial charge in [0.2, 0.25) is 11.9 Å². The van der Waals surface area contributed by atoms with E-state index in [1.807, 2.05) is 12.1 Å². The molecule has 1 heterocycles. The van der Waals surface area contributed by atoms with Crippen LogP contribution in [0.4, 0.5) is 23.3 Å². The van der Waals surface area contributed by atoms with E-state index < -0.39 is 0 Å². The van der Waals surface area contributed by atoms with Crippen LogP contribution >= 0.6 is 0 Å². The first kappa shape index (κ1) is 23.2. The highest BCUT2D eigenvalue weighted by molar-refractivity contribution is 5.64. The van der Waals surface area contributed by atoms with Crippen molar-refractivity contribution in [3.63, 3.8) is 0 Å². The summed E-state index contributed by atoms with van der Waals surface area (Å²) in [6, 6.07) is 12.5. The van der Waals surface area contributed by atoms with Gasteiger partial charge in [0.25, 0.3) is 0 Å². The Morgan fingerprint density at radius 2 is 1.19 bits per heavy atom. The summed E-state index contributed by atoms with van der Waals surface area (Å²) in [7, 11) is 0. The zero-order chi connectivity index (χ0) is 22.8. The lowest BCUT2D eigenvalue weighted by Crippen LogP contribution is -2.03. The maximum atomic E-state index is 4.52. The second kappa shape index (κ2) is 11.8. The zero-order valence-electron chi connectivity index (χ0n) is 19.5. The third kappa shape index (κ3) is 6.77. The molecule has 166 valence electrons. The molecule has 0 radical (unpaired) electrons. The molecule has 0 aliphatic rings. The summed E-state index contributed by atoms with van der Waals surface area (Å²) < 4.78 is 0. The van der Waals surface area contributed by atoms with E-state index in [4.69, 9.17) is 0 Å². The molecule has 32 heavy (non-hydrogen) atoms. The van der Waals surface area contributed by atoms with Gasteiger partial charge in [-0.3, -0.25) is 0 Å². The molecule has 5 heteroatoms. The van der Waals surface area contributed by atoms with Gasteiger partial charge in [-0.2, -0.15) is 4.98 Å². The minimum absolute atomic E-state index is 0.506. The highest BCUT2D eigenvalue weighted by atomic mass is 15.2. The molecule has 1 aromatic heterocycles. The minimum Gasteiger partial charge on any atom is -0.324 e. The van der Waals surface area contributed by atoms with Gasteiger partial charge in [-0.05, 0) is 73.2 Å². The smallest absolute Gasteiger partial charge is 0.232 e. The van der Waals surface area contributed by atoms with Crippen LogP contribution in [0.25, 0.3) is 12.2 Å². The SMILES string of the molecule is CCC/C=C\c1ccc(Nc2ncnc(Nc3ccc(/C=C\CCC)c(C)c3)n2)cc1C. The Morgan fingerprint density at radius 3 is 1.59 bits per heavy atom. The molecule has 0 amide bonds. The molecule has 3 rings (SSSR count). The molecule has 0 fully saturated rings. The topological polar surface area (TPSA) is 62.7 Å². The van der Waals surface area contributed by atoms with Crippen molar-refractivity contribution >= 4 is 35.4 Å². The van der Waals surface area contributed by atoms with E-state index in [2.05, 4.69) is 102 Å². The maximum Gasteiger partial charge on any atom is 0.232 e. The molecule has 0 unspecified atom stereocenters. The molecule has 0 saturated carbocycles. The van der Waals surface area contributed by atoms with Crippen LogP contribution in [0.2, 0.25) is 0 Å². The number of allylic oxidation sites excluding steroid dienone is 2. The summed E-state index contributed by atoms with van der Waals surface area (Å²) in [6.45, 7) is 8.59. The molecule has 5 nitrogen and oxygen atoms in total. The fourth-order valence-corrected chi connectivity index (χ4v) is 3.31. The van der Waals surface area contributed by atoms with Gasteiger partial charge in [0.1, 0.15) is 6.33 Å². The maximum absolute atomic E-state index is 4.52. The molecule has 0 aliphatic carbocycles. The van der Waals surface area contributed by atoms with Gasteiger partial charge in [-0.15, -0.1) is 0 Å². The summed E-state index contributed by atoms with van der Waals surface area (Å²) in [6.07, 6.45) is 14.8. The number of hydrogen-bond acceptors (Lipinski definition) is 5. The number of aromatic nitrogens is 3. The third-order valence-electron chi connectivity index (χ3n) is 5.13. The molecule has 0 atom stereocenters. The summed E-state index contributed by atoms with van der Waals surface area (Å²) in [5.74, 6) is 1.01. The Kier molecular flexibility index (Phi) is 8.55. The predicted octanol–water partition coefficient (Wildman–Crippen LogP) is 7.60. The highest BCUT2D eigenvalue weighted by Crippen LogP contribution is 2.22. The minimum atomic E-state index is 0.506. The second-order valence-corrected chi connectivity index (χ2v) is 7.91. The van der Waals surface area contributed by atoms with Crippen molar-refractivity contribution in [3.8, 4) is 0 Å². The molecule has 2 N–H and O–H groups in total. The van der Waals surface area contributed by atoms with Crippen molar-refractivity contribution in [3.05, 3.63) is 77.1 Å². The summed E-state index contributed by atoms with van der Waals surface area (Å²) >= 11 is 0. The molecule has 3 aromatic rings. The van der Waals surface area contributed by atoms with Gasteiger partial charge < -0.3 is 10.6 Å². The van der Waals surface area contributed by atoms with E-state index in [1.165, 1.54) is 28.6 Å². The lowest BCUT2D eigenvalue weighted by molar-refractivity contribution is 0.962. The van der Waals surface area contributed by atoms with Gasteiger partial charge >= 0.3 is 0 Å². The summed E-state index contributed by atoms with van der Waals surface area (Å²) in [4.78, 5) is 13.0. The Morgan fingerprint density at radius 1 is 0.719 bits per heavy atom. The Hall–Kier alpha value is -3.47. The van der Waals surface area contributed by atoms with E-state index in [0.717, 1.165) is 37.1 Å². The molecule has 0 saturated heterocycles. The number of nitrogens with one attached hydrogen (secondary N) is 2. The van der Waals surface area contributed by atoms with Gasteiger partial charge in [-0.1, -0.05) is 63.1 Å². The number of unbranched alkanes of at least 4 members (excludes halogenated alkanes) is 2. The summed E-state index contributed by atoms with van der Waals surface area (Å²) in [5.41, 5.74) is 6.77. The molecular weight excluding hydrogens is 394 g/mol. The lowest BCUT2D eigenvalue weighted by atomic mass is 10.1. The average Bonchev–Trinajstić information content (AvgIpc) is 2.77. The first-order valence-corrected chi connectivity index (χ1v) is 11.4. The zero-order valence-corrected chi connectivity index (χ0v) is 19.5.